The molecule has 0 bridgehead atoms. The van der Waals surface area contributed by atoms with Gasteiger partial charge in [0.1, 0.15) is 5.60 Å². The second kappa shape index (κ2) is 3.50. The first-order valence-electron chi connectivity index (χ1n) is 5.46. The summed E-state index contributed by atoms with van der Waals surface area (Å²) < 4.78 is 5.53. The number of hydrogen-bond acceptors (Lipinski definition) is 2. The lowest BCUT2D eigenvalue weighted by Gasteiger charge is -2.21. The first kappa shape index (κ1) is 9.91. The molecule has 0 spiro atoms. The zero-order chi connectivity index (χ0) is 10.2. The zero-order valence-electron chi connectivity index (χ0n) is 8.95. The Bertz CT molecular complexity index is 265. The molecule has 14 heavy (non-hydrogen) atoms. The van der Waals surface area contributed by atoms with Gasteiger partial charge in [-0.05, 0) is 39.0 Å². The molecule has 0 N–H and O–H groups in total. The molecule has 1 aliphatic heterocycles. The van der Waals surface area contributed by atoms with E-state index in [9.17, 15) is 4.79 Å². The fraction of sp³-hybridized carbons (Fsp3) is 0.750. The molecular formula is C12H18O2. The molecule has 2 aliphatic rings. The summed E-state index contributed by atoms with van der Waals surface area (Å²) in [5, 5.41) is 0. The molecule has 2 atom stereocenters. The number of ketones is 1. The van der Waals surface area contributed by atoms with Crippen molar-refractivity contribution in [2.24, 2.45) is 11.8 Å². The van der Waals surface area contributed by atoms with Crippen LogP contribution in [0.1, 0.15) is 33.1 Å². The third kappa shape index (κ3) is 1.63. The Hall–Kier alpha value is -0.630. The second-order valence-corrected chi connectivity index (χ2v) is 4.81. The third-order valence-electron chi connectivity index (χ3n) is 3.36. The predicted octanol–water partition coefficient (Wildman–Crippen LogP) is 2.34. The Morgan fingerprint density at radius 3 is 2.79 bits per heavy atom. The topological polar surface area (TPSA) is 26.3 Å². The summed E-state index contributed by atoms with van der Waals surface area (Å²) in [6, 6.07) is 0. The maximum absolute atomic E-state index is 12.0. The number of hydrogen-bond donors (Lipinski definition) is 0. The van der Waals surface area contributed by atoms with Crippen molar-refractivity contribution in [1.29, 1.82) is 0 Å². The van der Waals surface area contributed by atoms with E-state index in [1.165, 1.54) is 12.8 Å². The van der Waals surface area contributed by atoms with Crippen molar-refractivity contribution in [3.63, 3.8) is 0 Å². The molecule has 0 radical (unpaired) electrons. The molecule has 0 aromatic rings. The van der Waals surface area contributed by atoms with Gasteiger partial charge < -0.3 is 4.74 Å². The van der Waals surface area contributed by atoms with E-state index < -0.39 is 5.60 Å². The molecule has 1 saturated heterocycles. The van der Waals surface area contributed by atoms with Crippen LogP contribution in [0, 0.1) is 11.8 Å². The van der Waals surface area contributed by atoms with Crippen molar-refractivity contribution in [3.05, 3.63) is 12.2 Å². The molecule has 1 aliphatic carbocycles. The van der Waals surface area contributed by atoms with Crippen molar-refractivity contribution in [3.8, 4) is 0 Å². The Morgan fingerprint density at radius 1 is 1.50 bits per heavy atom. The lowest BCUT2D eigenvalue weighted by atomic mass is 9.80. The zero-order valence-corrected chi connectivity index (χ0v) is 8.95. The van der Waals surface area contributed by atoms with Crippen LogP contribution in [-0.2, 0) is 9.53 Å². The van der Waals surface area contributed by atoms with E-state index in [0.29, 0.717) is 12.5 Å². The maximum atomic E-state index is 12.0. The van der Waals surface area contributed by atoms with E-state index in [1.807, 2.05) is 13.8 Å². The van der Waals surface area contributed by atoms with Gasteiger partial charge in [-0.1, -0.05) is 12.2 Å². The van der Waals surface area contributed by atoms with Gasteiger partial charge in [-0.3, -0.25) is 4.79 Å². The molecule has 0 aromatic heterocycles. The minimum Gasteiger partial charge on any atom is -0.367 e. The number of allylic oxidation sites excluding steroid dienone is 2. The molecule has 78 valence electrons. The number of carbonyl (C=O) groups excluding carboxylic acids is 1. The minimum atomic E-state index is -0.546. The molecule has 0 aromatic carbocycles. The summed E-state index contributed by atoms with van der Waals surface area (Å²) in [4.78, 5) is 12.0. The largest absolute Gasteiger partial charge is 0.367 e. The van der Waals surface area contributed by atoms with Crippen molar-refractivity contribution in [1.82, 2.24) is 0 Å². The monoisotopic (exact) mass is 194 g/mol. The van der Waals surface area contributed by atoms with Gasteiger partial charge in [0, 0.05) is 0 Å². The Balaban J connectivity index is 2.09. The number of ether oxygens (including phenoxy) is 1. The molecule has 1 heterocycles. The summed E-state index contributed by atoms with van der Waals surface area (Å²) in [6.07, 6.45) is 7.93. The molecule has 2 rings (SSSR count). The fourth-order valence-corrected chi connectivity index (χ4v) is 2.38. The van der Waals surface area contributed by atoms with Gasteiger partial charge in [0.05, 0.1) is 12.5 Å². The highest BCUT2D eigenvalue weighted by Crippen LogP contribution is 2.34. The van der Waals surface area contributed by atoms with Crippen LogP contribution >= 0.6 is 0 Å². The van der Waals surface area contributed by atoms with Crippen LogP contribution in [0.5, 0.6) is 0 Å². The normalized spacial score (nSPS) is 36.3. The van der Waals surface area contributed by atoms with Gasteiger partial charge >= 0.3 is 0 Å². The van der Waals surface area contributed by atoms with Crippen LogP contribution in [0.4, 0.5) is 0 Å². The predicted molar refractivity (Wildman–Crippen MR) is 55.0 cm³/mol. The van der Waals surface area contributed by atoms with Gasteiger partial charge in [-0.2, -0.15) is 0 Å². The van der Waals surface area contributed by atoms with Crippen molar-refractivity contribution < 1.29 is 9.53 Å². The highest BCUT2D eigenvalue weighted by molar-refractivity contribution is 5.90. The van der Waals surface area contributed by atoms with Crippen LogP contribution in [0.15, 0.2) is 12.2 Å². The lowest BCUT2D eigenvalue weighted by molar-refractivity contribution is -0.130. The molecule has 2 nitrogen and oxygen atoms in total. The first-order chi connectivity index (χ1) is 6.61. The average Bonchev–Trinajstić information content (AvgIpc) is 2.44. The van der Waals surface area contributed by atoms with Gasteiger partial charge in [0.2, 0.25) is 0 Å². The van der Waals surface area contributed by atoms with E-state index >= 15 is 0 Å². The number of rotatable bonds is 1. The highest BCUT2D eigenvalue weighted by atomic mass is 16.5. The van der Waals surface area contributed by atoms with Crippen LogP contribution in [0.2, 0.25) is 0 Å². The Labute approximate surface area is 85.3 Å². The van der Waals surface area contributed by atoms with Crippen molar-refractivity contribution in [2.45, 2.75) is 38.7 Å². The third-order valence-corrected chi connectivity index (χ3v) is 3.36. The van der Waals surface area contributed by atoms with Crippen LogP contribution in [0.25, 0.3) is 0 Å². The summed E-state index contributed by atoms with van der Waals surface area (Å²) in [7, 11) is 0. The fourth-order valence-electron chi connectivity index (χ4n) is 2.38. The van der Waals surface area contributed by atoms with Gasteiger partial charge in [0.25, 0.3) is 0 Å². The summed E-state index contributed by atoms with van der Waals surface area (Å²) in [5.41, 5.74) is -0.546. The lowest BCUT2D eigenvalue weighted by Crippen LogP contribution is -2.32. The number of Topliss-reactive ketones (excluding diaryl/α,β-unsaturated/α-hetero) is 1. The van der Waals surface area contributed by atoms with Gasteiger partial charge in [-0.15, -0.1) is 0 Å². The maximum Gasteiger partial charge on any atom is 0.169 e. The molecular weight excluding hydrogens is 176 g/mol. The Kier molecular flexibility index (Phi) is 2.48. The van der Waals surface area contributed by atoms with Crippen LogP contribution in [-0.4, -0.2) is 18.0 Å². The SMILES string of the molecule is CC1(C)OCC(C2C=CCCC2)C1=O. The van der Waals surface area contributed by atoms with Crippen LogP contribution in [0.3, 0.4) is 0 Å². The molecule has 2 heteroatoms. The smallest absolute Gasteiger partial charge is 0.169 e. The summed E-state index contributed by atoms with van der Waals surface area (Å²) in [6.45, 7) is 4.37. The quantitative estimate of drug-likeness (QED) is 0.599. The van der Waals surface area contributed by atoms with Gasteiger partial charge in [0.15, 0.2) is 5.78 Å². The van der Waals surface area contributed by atoms with Crippen molar-refractivity contribution in [2.75, 3.05) is 6.61 Å². The van der Waals surface area contributed by atoms with E-state index in [0.717, 1.165) is 6.42 Å². The molecule has 0 amide bonds. The Morgan fingerprint density at radius 2 is 2.29 bits per heavy atom. The molecule has 0 saturated carbocycles. The van der Waals surface area contributed by atoms with E-state index in [2.05, 4.69) is 12.2 Å². The summed E-state index contributed by atoms with van der Waals surface area (Å²) >= 11 is 0. The standard InChI is InChI=1S/C12H18O2/c1-12(2)11(13)10(8-14-12)9-6-4-3-5-7-9/h4,6,9-10H,3,5,7-8H2,1-2H3. The van der Waals surface area contributed by atoms with E-state index in [-0.39, 0.29) is 11.7 Å². The van der Waals surface area contributed by atoms with Crippen molar-refractivity contribution >= 4 is 5.78 Å². The van der Waals surface area contributed by atoms with Gasteiger partial charge in [-0.25, -0.2) is 0 Å². The molecule has 1 fully saturated rings. The number of carbonyl (C=O) groups is 1. The minimum absolute atomic E-state index is 0.113. The molecule has 2 unspecified atom stereocenters. The summed E-state index contributed by atoms with van der Waals surface area (Å²) in [5.74, 6) is 0.827. The first-order valence-corrected chi connectivity index (χ1v) is 5.46. The second-order valence-electron chi connectivity index (χ2n) is 4.81. The van der Waals surface area contributed by atoms with E-state index in [1.54, 1.807) is 0 Å². The van der Waals surface area contributed by atoms with E-state index in [4.69, 9.17) is 4.74 Å². The highest BCUT2D eigenvalue weighted by Gasteiger charge is 2.44. The van der Waals surface area contributed by atoms with Crippen LogP contribution < -0.4 is 0 Å². The average molecular weight is 194 g/mol.